The van der Waals surface area contributed by atoms with E-state index < -0.39 is 0 Å². The Morgan fingerprint density at radius 2 is 2.12 bits per heavy atom. The van der Waals surface area contributed by atoms with Crippen molar-refractivity contribution in [3.05, 3.63) is 11.7 Å². The van der Waals surface area contributed by atoms with Gasteiger partial charge in [0.2, 0.25) is 5.89 Å². The zero-order chi connectivity index (χ0) is 16.8. The molecule has 0 radical (unpaired) electrons. The van der Waals surface area contributed by atoms with Crippen molar-refractivity contribution >= 4 is 5.96 Å². The first-order valence-corrected chi connectivity index (χ1v) is 9.53. The number of aromatic nitrogens is 2. The van der Waals surface area contributed by atoms with Crippen LogP contribution in [-0.2, 0) is 6.42 Å². The lowest BCUT2D eigenvalue weighted by molar-refractivity contribution is 0.203. The van der Waals surface area contributed by atoms with Crippen LogP contribution in [0.15, 0.2) is 9.52 Å². The summed E-state index contributed by atoms with van der Waals surface area (Å²) < 4.78 is 5.16. The molecule has 1 saturated carbocycles. The van der Waals surface area contributed by atoms with Crippen molar-refractivity contribution < 1.29 is 4.52 Å². The van der Waals surface area contributed by atoms with E-state index in [1.807, 2.05) is 6.92 Å². The summed E-state index contributed by atoms with van der Waals surface area (Å²) in [5.74, 6) is 2.51. The first-order valence-electron chi connectivity index (χ1n) is 9.53. The number of hydrogen-bond donors (Lipinski definition) is 1. The molecule has 2 fully saturated rings. The molecule has 0 bridgehead atoms. The molecule has 1 saturated heterocycles. The Bertz CT molecular complexity index is 547. The van der Waals surface area contributed by atoms with Gasteiger partial charge in [-0.2, -0.15) is 4.98 Å². The molecule has 1 N–H and O–H groups in total. The minimum Gasteiger partial charge on any atom is -0.357 e. The Morgan fingerprint density at radius 1 is 1.29 bits per heavy atom. The third-order valence-corrected chi connectivity index (χ3v) is 5.37. The monoisotopic (exact) mass is 333 g/mol. The van der Waals surface area contributed by atoms with Crippen molar-refractivity contribution in [2.75, 3.05) is 26.2 Å². The second-order valence-corrected chi connectivity index (χ2v) is 7.31. The number of hydrogen-bond acceptors (Lipinski definition) is 4. The van der Waals surface area contributed by atoms with Crippen LogP contribution in [0.2, 0.25) is 0 Å². The number of nitrogens with one attached hydrogen (secondary N) is 1. The summed E-state index contributed by atoms with van der Waals surface area (Å²) in [5, 5.41) is 7.30. The predicted molar refractivity (Wildman–Crippen MR) is 95.0 cm³/mol. The van der Waals surface area contributed by atoms with Crippen molar-refractivity contribution in [2.45, 2.75) is 65.2 Å². The minimum atomic E-state index is 0.565. The molecule has 2 heterocycles. The Balaban J connectivity index is 1.52. The Labute approximate surface area is 145 Å². The third-order valence-electron chi connectivity index (χ3n) is 5.37. The molecular formula is C18H31N5O. The fraction of sp³-hybridized carbons (Fsp3) is 0.833. The van der Waals surface area contributed by atoms with Gasteiger partial charge < -0.3 is 14.7 Å². The predicted octanol–water partition coefficient (Wildman–Crippen LogP) is 2.93. The zero-order valence-corrected chi connectivity index (χ0v) is 15.2. The van der Waals surface area contributed by atoms with Crippen molar-refractivity contribution in [3.8, 4) is 0 Å². The van der Waals surface area contributed by atoms with E-state index in [2.05, 4.69) is 27.3 Å². The van der Waals surface area contributed by atoms with Gasteiger partial charge in [0.15, 0.2) is 11.8 Å². The van der Waals surface area contributed by atoms with E-state index in [-0.39, 0.29) is 0 Å². The largest absolute Gasteiger partial charge is 0.357 e. The summed E-state index contributed by atoms with van der Waals surface area (Å²) in [6, 6.07) is 0. The molecule has 0 unspecified atom stereocenters. The number of nitrogens with zero attached hydrogens (tertiary/aromatic N) is 4. The molecule has 1 aromatic rings. The second-order valence-electron chi connectivity index (χ2n) is 7.31. The molecule has 1 spiro atoms. The molecule has 6 nitrogen and oxygen atoms in total. The van der Waals surface area contributed by atoms with E-state index in [0.29, 0.717) is 11.2 Å². The molecule has 0 aromatic carbocycles. The molecular weight excluding hydrogens is 302 g/mol. The topological polar surface area (TPSA) is 66.5 Å². The summed E-state index contributed by atoms with van der Waals surface area (Å²) in [6.45, 7) is 8.04. The highest BCUT2D eigenvalue weighted by Crippen LogP contribution is 2.43. The number of aryl methyl sites for hydroxylation is 2. The lowest BCUT2D eigenvalue weighted by Crippen LogP contribution is -2.41. The molecule has 134 valence electrons. The molecule has 1 aliphatic carbocycles. The quantitative estimate of drug-likeness (QED) is 0.510. The van der Waals surface area contributed by atoms with Crippen molar-refractivity contribution in [1.29, 1.82) is 0 Å². The van der Waals surface area contributed by atoms with E-state index in [1.165, 1.54) is 45.1 Å². The summed E-state index contributed by atoms with van der Waals surface area (Å²) in [4.78, 5) is 11.6. The minimum absolute atomic E-state index is 0.565. The van der Waals surface area contributed by atoms with Crippen LogP contribution in [0.1, 0.15) is 63.6 Å². The Kier molecular flexibility index (Phi) is 5.74. The van der Waals surface area contributed by atoms with Crippen molar-refractivity contribution in [1.82, 2.24) is 20.4 Å². The first-order chi connectivity index (χ1) is 11.7. The average Bonchev–Trinajstić information content (AvgIpc) is 3.18. The van der Waals surface area contributed by atoms with Gasteiger partial charge in [0, 0.05) is 32.6 Å². The number of rotatable bonds is 5. The van der Waals surface area contributed by atoms with Crippen LogP contribution >= 0.6 is 0 Å². The molecule has 2 aliphatic rings. The highest BCUT2D eigenvalue weighted by Gasteiger charge is 2.39. The maximum Gasteiger partial charge on any atom is 0.226 e. The maximum atomic E-state index is 5.16. The SMILES string of the molecule is CCNC(=NCCCc1nc(C)no1)N1CCC2(CCCCC2)C1. The Morgan fingerprint density at radius 3 is 2.83 bits per heavy atom. The highest BCUT2D eigenvalue weighted by molar-refractivity contribution is 5.80. The van der Waals surface area contributed by atoms with Crippen LogP contribution in [-0.4, -0.2) is 47.2 Å². The van der Waals surface area contributed by atoms with Crippen LogP contribution in [0.5, 0.6) is 0 Å². The number of guanidine groups is 1. The fourth-order valence-corrected chi connectivity index (χ4v) is 4.11. The van der Waals surface area contributed by atoms with Gasteiger partial charge in [-0.05, 0) is 44.9 Å². The number of aliphatic imine (C=N–C) groups is 1. The van der Waals surface area contributed by atoms with Gasteiger partial charge in [-0.3, -0.25) is 4.99 Å². The van der Waals surface area contributed by atoms with Crippen LogP contribution in [0.25, 0.3) is 0 Å². The summed E-state index contributed by atoms with van der Waals surface area (Å²) in [6.07, 6.45) is 10.1. The molecule has 1 aromatic heterocycles. The van der Waals surface area contributed by atoms with E-state index in [4.69, 9.17) is 9.52 Å². The average molecular weight is 333 g/mol. The van der Waals surface area contributed by atoms with Gasteiger partial charge in [0.05, 0.1) is 0 Å². The molecule has 24 heavy (non-hydrogen) atoms. The molecule has 3 rings (SSSR count). The summed E-state index contributed by atoms with van der Waals surface area (Å²) in [7, 11) is 0. The smallest absolute Gasteiger partial charge is 0.226 e. The maximum absolute atomic E-state index is 5.16. The van der Waals surface area contributed by atoms with Crippen LogP contribution in [0.3, 0.4) is 0 Å². The van der Waals surface area contributed by atoms with E-state index in [0.717, 1.165) is 44.3 Å². The van der Waals surface area contributed by atoms with Crippen LogP contribution in [0.4, 0.5) is 0 Å². The fourth-order valence-electron chi connectivity index (χ4n) is 4.11. The van der Waals surface area contributed by atoms with E-state index >= 15 is 0 Å². The first kappa shape index (κ1) is 17.2. The number of likely N-dealkylation sites (tertiary alicyclic amines) is 1. The Hall–Kier alpha value is -1.59. The van der Waals surface area contributed by atoms with Gasteiger partial charge >= 0.3 is 0 Å². The molecule has 0 atom stereocenters. The van der Waals surface area contributed by atoms with Gasteiger partial charge in [0.25, 0.3) is 0 Å². The molecule has 0 amide bonds. The second kappa shape index (κ2) is 7.99. The summed E-state index contributed by atoms with van der Waals surface area (Å²) in [5.41, 5.74) is 0.565. The van der Waals surface area contributed by atoms with Crippen molar-refractivity contribution in [2.24, 2.45) is 10.4 Å². The van der Waals surface area contributed by atoms with E-state index in [9.17, 15) is 0 Å². The van der Waals surface area contributed by atoms with Gasteiger partial charge in [-0.15, -0.1) is 0 Å². The zero-order valence-electron chi connectivity index (χ0n) is 15.2. The molecule has 6 heteroatoms. The lowest BCUT2D eigenvalue weighted by atomic mass is 9.73. The lowest BCUT2D eigenvalue weighted by Gasteiger charge is -2.33. The van der Waals surface area contributed by atoms with Crippen molar-refractivity contribution in [3.63, 3.8) is 0 Å². The van der Waals surface area contributed by atoms with Gasteiger partial charge in [0.1, 0.15) is 0 Å². The van der Waals surface area contributed by atoms with Crippen LogP contribution < -0.4 is 5.32 Å². The normalized spacial score (nSPS) is 20.8. The van der Waals surface area contributed by atoms with E-state index in [1.54, 1.807) is 0 Å². The standard InChI is InChI=1S/C18H31N5O/c1-3-19-17(20-12-7-8-16-21-15(2)22-24-16)23-13-11-18(14-23)9-5-4-6-10-18/h3-14H2,1-2H3,(H,19,20). The summed E-state index contributed by atoms with van der Waals surface area (Å²) >= 11 is 0. The van der Waals surface area contributed by atoms with Gasteiger partial charge in [-0.1, -0.05) is 24.4 Å². The van der Waals surface area contributed by atoms with Crippen LogP contribution in [0, 0.1) is 12.3 Å². The highest BCUT2D eigenvalue weighted by atomic mass is 16.5. The molecule has 1 aliphatic heterocycles. The third kappa shape index (κ3) is 4.28. The van der Waals surface area contributed by atoms with Gasteiger partial charge in [-0.25, -0.2) is 0 Å².